The van der Waals surface area contributed by atoms with E-state index in [9.17, 15) is 9.90 Å². The fourth-order valence-electron chi connectivity index (χ4n) is 7.65. The van der Waals surface area contributed by atoms with E-state index in [1.165, 1.54) is 24.1 Å². The van der Waals surface area contributed by atoms with E-state index < -0.39 is 0 Å². The Morgan fingerprint density at radius 2 is 1.68 bits per heavy atom. The average molecular weight is 537 g/mol. The molecular weight excluding hydrogens is 496 g/mol. The van der Waals surface area contributed by atoms with Crippen molar-refractivity contribution in [2.75, 3.05) is 4.90 Å². The SMILES string of the molecule is CC(C)[C@H](NC(=O)C1CCC2NNC(c3ccc(N4[C@H]5CC[C@H]4CC(O)C5)cc3)C2C1)c1ccccc1Cl. The summed E-state index contributed by atoms with van der Waals surface area (Å²) < 4.78 is 0. The monoisotopic (exact) mass is 536 g/mol. The number of carbonyl (C=O) groups excluding carboxylic acids is 1. The van der Waals surface area contributed by atoms with Crippen LogP contribution in [0.15, 0.2) is 48.5 Å². The van der Waals surface area contributed by atoms with Crippen molar-refractivity contribution in [2.45, 2.75) is 95.1 Å². The number of hydrogen-bond acceptors (Lipinski definition) is 5. The smallest absolute Gasteiger partial charge is 0.223 e. The molecule has 7 heteroatoms. The zero-order valence-corrected chi connectivity index (χ0v) is 23.2. The predicted molar refractivity (Wildman–Crippen MR) is 152 cm³/mol. The summed E-state index contributed by atoms with van der Waals surface area (Å²) in [6, 6.07) is 18.3. The maximum atomic E-state index is 13.5. The normalized spacial score (nSPS) is 33.3. The third-order valence-corrected chi connectivity index (χ3v) is 9.93. The third kappa shape index (κ3) is 4.97. The van der Waals surface area contributed by atoms with Gasteiger partial charge in [-0.05, 0) is 86.1 Å². The first-order valence-electron chi connectivity index (χ1n) is 14.5. The Labute approximate surface area is 231 Å². The summed E-state index contributed by atoms with van der Waals surface area (Å²) in [6.45, 7) is 4.26. The number of anilines is 1. The highest BCUT2D eigenvalue weighted by atomic mass is 35.5. The van der Waals surface area contributed by atoms with Gasteiger partial charge < -0.3 is 15.3 Å². The molecule has 204 valence electrons. The number of carbonyl (C=O) groups is 1. The fraction of sp³-hybridized carbons (Fsp3) is 0.581. The highest BCUT2D eigenvalue weighted by molar-refractivity contribution is 6.31. The molecule has 2 aromatic carbocycles. The van der Waals surface area contributed by atoms with Crippen molar-refractivity contribution in [3.8, 4) is 0 Å². The molecule has 6 nitrogen and oxygen atoms in total. The summed E-state index contributed by atoms with van der Waals surface area (Å²) in [5, 5.41) is 14.2. The first-order valence-corrected chi connectivity index (χ1v) is 14.9. The van der Waals surface area contributed by atoms with Crippen LogP contribution in [-0.4, -0.2) is 35.2 Å². The number of hydrazine groups is 1. The molecule has 4 fully saturated rings. The average Bonchev–Trinajstić information content (AvgIpc) is 3.45. The van der Waals surface area contributed by atoms with Crippen LogP contribution < -0.4 is 21.1 Å². The second-order valence-electron chi connectivity index (χ2n) is 12.3. The van der Waals surface area contributed by atoms with Gasteiger partial charge in [-0.2, -0.15) is 0 Å². The Morgan fingerprint density at radius 3 is 2.37 bits per heavy atom. The highest BCUT2D eigenvalue weighted by Gasteiger charge is 2.44. The largest absolute Gasteiger partial charge is 0.393 e. The van der Waals surface area contributed by atoms with E-state index in [2.05, 4.69) is 59.2 Å². The molecule has 0 aromatic heterocycles. The van der Waals surface area contributed by atoms with E-state index in [4.69, 9.17) is 11.6 Å². The van der Waals surface area contributed by atoms with Crippen molar-refractivity contribution < 1.29 is 9.90 Å². The van der Waals surface area contributed by atoms with Crippen LogP contribution in [0, 0.1) is 17.8 Å². The van der Waals surface area contributed by atoms with Gasteiger partial charge in [0.25, 0.3) is 0 Å². The van der Waals surface area contributed by atoms with E-state index in [1.807, 2.05) is 24.3 Å². The highest BCUT2D eigenvalue weighted by Crippen LogP contribution is 2.43. The standard InChI is InChI=1S/C31H41ClN4O2/c1-18(2)29(25-5-3-4-6-27(25)32)33-31(38)20-9-14-28-26(15-20)30(35-34-28)19-7-10-21(11-8-19)36-22-12-13-23(36)17-24(37)16-22/h3-8,10-11,18,20,22-24,26,28-30,34-35,37H,9,12-17H2,1-2H3,(H,33,38)/t20?,22-,23-,26?,28?,29-,30?/m0/s1. The molecule has 3 saturated heterocycles. The van der Waals surface area contributed by atoms with Crippen LogP contribution in [0.1, 0.15) is 82.0 Å². The number of fused-ring (bicyclic) bond motifs is 3. The zero-order chi connectivity index (χ0) is 26.4. The molecule has 6 rings (SSSR count). The van der Waals surface area contributed by atoms with Crippen LogP contribution in [0.3, 0.4) is 0 Å². The van der Waals surface area contributed by atoms with Crippen LogP contribution in [0.2, 0.25) is 5.02 Å². The number of halogens is 1. The Hall–Kier alpha value is -2.12. The van der Waals surface area contributed by atoms with Gasteiger partial charge in [-0.25, -0.2) is 5.43 Å². The number of nitrogens with one attached hydrogen (secondary N) is 3. The van der Waals surface area contributed by atoms with E-state index in [0.29, 0.717) is 29.1 Å². The molecule has 1 saturated carbocycles. The predicted octanol–water partition coefficient (Wildman–Crippen LogP) is 5.28. The molecular formula is C31H41ClN4O2. The molecule has 1 aliphatic carbocycles. The number of amides is 1. The Kier molecular flexibility index (Phi) is 7.43. The second kappa shape index (κ2) is 10.8. The second-order valence-corrected chi connectivity index (χ2v) is 12.7. The van der Waals surface area contributed by atoms with Crippen molar-refractivity contribution in [3.63, 3.8) is 0 Å². The van der Waals surface area contributed by atoms with E-state index >= 15 is 0 Å². The number of nitrogens with zero attached hydrogens (tertiary/aromatic N) is 1. The summed E-state index contributed by atoms with van der Waals surface area (Å²) >= 11 is 6.50. The van der Waals surface area contributed by atoms with Gasteiger partial charge in [0, 0.05) is 34.8 Å². The molecule has 0 spiro atoms. The first kappa shape index (κ1) is 26.1. The van der Waals surface area contributed by atoms with Gasteiger partial charge in [0.15, 0.2) is 0 Å². The Balaban J connectivity index is 1.13. The van der Waals surface area contributed by atoms with Gasteiger partial charge in [-0.3, -0.25) is 10.2 Å². The zero-order valence-electron chi connectivity index (χ0n) is 22.4. The molecule has 38 heavy (non-hydrogen) atoms. The number of benzene rings is 2. The molecule has 2 aromatic rings. The molecule has 1 amide bonds. The maximum Gasteiger partial charge on any atom is 0.223 e. The molecule has 4 unspecified atom stereocenters. The number of piperidine rings is 1. The van der Waals surface area contributed by atoms with E-state index in [1.54, 1.807) is 0 Å². The third-order valence-electron chi connectivity index (χ3n) is 9.59. The Morgan fingerprint density at radius 1 is 0.974 bits per heavy atom. The van der Waals surface area contributed by atoms with Gasteiger partial charge in [0.2, 0.25) is 5.91 Å². The van der Waals surface area contributed by atoms with Crippen LogP contribution >= 0.6 is 11.6 Å². The van der Waals surface area contributed by atoms with Crippen molar-refractivity contribution in [1.82, 2.24) is 16.2 Å². The minimum absolute atomic E-state index is 0.00105. The van der Waals surface area contributed by atoms with Crippen molar-refractivity contribution in [1.29, 1.82) is 0 Å². The molecule has 0 radical (unpaired) electrons. The quantitative estimate of drug-likeness (QED) is 0.404. The molecule has 3 aliphatic heterocycles. The van der Waals surface area contributed by atoms with Crippen molar-refractivity contribution in [3.05, 3.63) is 64.7 Å². The minimum Gasteiger partial charge on any atom is -0.393 e. The van der Waals surface area contributed by atoms with Crippen LogP contribution in [-0.2, 0) is 4.79 Å². The molecule has 7 atom stereocenters. The lowest BCUT2D eigenvalue weighted by atomic mass is 9.74. The van der Waals surface area contributed by atoms with Gasteiger partial charge in [0.1, 0.15) is 0 Å². The van der Waals surface area contributed by atoms with E-state index in [-0.39, 0.29) is 35.9 Å². The van der Waals surface area contributed by atoms with Gasteiger partial charge in [-0.15, -0.1) is 0 Å². The van der Waals surface area contributed by atoms with Crippen molar-refractivity contribution in [2.24, 2.45) is 17.8 Å². The molecule has 3 heterocycles. The first-order chi connectivity index (χ1) is 18.4. The van der Waals surface area contributed by atoms with Crippen LogP contribution in [0.5, 0.6) is 0 Å². The van der Waals surface area contributed by atoms with Gasteiger partial charge in [0.05, 0.1) is 18.2 Å². The number of aliphatic hydroxyl groups excluding tert-OH is 1. The van der Waals surface area contributed by atoms with Crippen LogP contribution in [0.25, 0.3) is 0 Å². The Bertz CT molecular complexity index is 1130. The summed E-state index contributed by atoms with van der Waals surface area (Å²) in [5.41, 5.74) is 10.6. The number of rotatable bonds is 6. The lowest BCUT2D eigenvalue weighted by molar-refractivity contribution is -0.127. The topological polar surface area (TPSA) is 76.6 Å². The van der Waals surface area contributed by atoms with Gasteiger partial charge in [-0.1, -0.05) is 55.8 Å². The summed E-state index contributed by atoms with van der Waals surface area (Å²) in [5.74, 6) is 0.754. The van der Waals surface area contributed by atoms with Crippen LogP contribution in [0.4, 0.5) is 5.69 Å². The minimum atomic E-state index is -0.148. The molecule has 2 bridgehead atoms. The lowest BCUT2D eigenvalue weighted by Gasteiger charge is -2.39. The summed E-state index contributed by atoms with van der Waals surface area (Å²) in [4.78, 5) is 16.1. The van der Waals surface area contributed by atoms with Gasteiger partial charge >= 0.3 is 0 Å². The molecule has 4 aliphatic rings. The van der Waals surface area contributed by atoms with Crippen molar-refractivity contribution >= 4 is 23.2 Å². The number of aliphatic hydroxyl groups is 1. The number of hydrogen-bond donors (Lipinski definition) is 4. The van der Waals surface area contributed by atoms with E-state index in [0.717, 1.165) is 37.7 Å². The fourth-order valence-corrected chi connectivity index (χ4v) is 7.90. The maximum absolute atomic E-state index is 13.5. The summed E-state index contributed by atoms with van der Waals surface area (Å²) in [6.07, 6.45) is 6.72. The summed E-state index contributed by atoms with van der Waals surface area (Å²) in [7, 11) is 0. The lowest BCUT2D eigenvalue weighted by Crippen LogP contribution is -2.44. The molecule has 4 N–H and O–H groups in total.